The standard InChI is InChI=1S/C19H21N3O4S/c1-12-6-9-17(10-13(12)2)27(25,26)22-18(23)14-4-3-5-16(11-14)21-19(24)20-15-7-8-15/h3-6,9-11,15H,7-8H2,1-2H3,(H,22,23)(H2,20,21,24). The summed E-state index contributed by atoms with van der Waals surface area (Å²) in [5.74, 6) is -0.764. The number of anilines is 1. The van der Waals surface area contributed by atoms with Gasteiger partial charge in [-0.2, -0.15) is 0 Å². The van der Waals surface area contributed by atoms with Crippen LogP contribution in [0.5, 0.6) is 0 Å². The number of sulfonamides is 1. The summed E-state index contributed by atoms with van der Waals surface area (Å²) in [6.07, 6.45) is 1.93. The number of aryl methyl sites for hydroxylation is 2. The van der Waals surface area contributed by atoms with E-state index in [0.717, 1.165) is 24.0 Å². The lowest BCUT2D eigenvalue weighted by atomic mass is 10.1. The van der Waals surface area contributed by atoms with E-state index in [2.05, 4.69) is 15.4 Å². The van der Waals surface area contributed by atoms with E-state index in [1.807, 2.05) is 6.92 Å². The number of benzene rings is 2. The van der Waals surface area contributed by atoms with Crippen molar-refractivity contribution < 1.29 is 18.0 Å². The molecule has 142 valence electrons. The topological polar surface area (TPSA) is 104 Å². The third kappa shape index (κ3) is 4.85. The molecule has 0 bridgehead atoms. The zero-order chi connectivity index (χ0) is 19.6. The van der Waals surface area contributed by atoms with Gasteiger partial charge in [-0.05, 0) is 68.1 Å². The van der Waals surface area contributed by atoms with E-state index in [1.165, 1.54) is 24.3 Å². The number of carbonyl (C=O) groups excluding carboxylic acids is 2. The van der Waals surface area contributed by atoms with Crippen molar-refractivity contribution in [2.75, 3.05) is 5.32 Å². The number of hydrogen-bond donors (Lipinski definition) is 3. The van der Waals surface area contributed by atoms with Crippen LogP contribution in [-0.4, -0.2) is 26.4 Å². The van der Waals surface area contributed by atoms with Crippen LogP contribution in [0.1, 0.15) is 34.3 Å². The van der Waals surface area contributed by atoms with Crippen molar-refractivity contribution in [1.29, 1.82) is 0 Å². The molecule has 0 spiro atoms. The van der Waals surface area contributed by atoms with Gasteiger partial charge in [-0.1, -0.05) is 12.1 Å². The van der Waals surface area contributed by atoms with Gasteiger partial charge in [0, 0.05) is 17.3 Å². The summed E-state index contributed by atoms with van der Waals surface area (Å²) in [6, 6.07) is 10.6. The number of rotatable bonds is 5. The number of carbonyl (C=O) groups is 2. The third-order valence-electron chi connectivity index (χ3n) is 4.31. The smallest absolute Gasteiger partial charge is 0.319 e. The molecule has 3 N–H and O–H groups in total. The fourth-order valence-electron chi connectivity index (χ4n) is 2.44. The average Bonchev–Trinajstić information content (AvgIpc) is 3.40. The Balaban J connectivity index is 1.72. The Hall–Kier alpha value is -2.87. The van der Waals surface area contributed by atoms with Crippen molar-refractivity contribution in [2.45, 2.75) is 37.6 Å². The normalized spacial score (nSPS) is 13.7. The van der Waals surface area contributed by atoms with Crippen LogP contribution in [0.4, 0.5) is 10.5 Å². The molecule has 0 heterocycles. The summed E-state index contributed by atoms with van der Waals surface area (Å²) in [5.41, 5.74) is 2.32. The fourth-order valence-corrected chi connectivity index (χ4v) is 3.50. The Morgan fingerprint density at radius 2 is 1.74 bits per heavy atom. The van der Waals surface area contributed by atoms with Crippen LogP contribution in [-0.2, 0) is 10.0 Å². The number of urea groups is 1. The molecular formula is C19H21N3O4S. The number of amides is 3. The van der Waals surface area contributed by atoms with Gasteiger partial charge in [-0.15, -0.1) is 0 Å². The van der Waals surface area contributed by atoms with Crippen LogP contribution in [0.15, 0.2) is 47.4 Å². The first-order valence-electron chi connectivity index (χ1n) is 8.56. The Kier molecular flexibility index (Phi) is 5.18. The van der Waals surface area contributed by atoms with Crippen molar-refractivity contribution in [2.24, 2.45) is 0 Å². The Bertz CT molecular complexity index is 998. The maximum atomic E-state index is 12.5. The molecule has 27 heavy (non-hydrogen) atoms. The van der Waals surface area contributed by atoms with Gasteiger partial charge in [0.05, 0.1) is 4.90 Å². The van der Waals surface area contributed by atoms with Crippen molar-refractivity contribution in [3.63, 3.8) is 0 Å². The maximum Gasteiger partial charge on any atom is 0.319 e. The second kappa shape index (κ2) is 7.40. The molecule has 0 unspecified atom stereocenters. The van der Waals surface area contributed by atoms with Gasteiger partial charge in [0.25, 0.3) is 15.9 Å². The van der Waals surface area contributed by atoms with Crippen LogP contribution < -0.4 is 15.4 Å². The lowest BCUT2D eigenvalue weighted by Gasteiger charge is -2.10. The summed E-state index contributed by atoms with van der Waals surface area (Å²) in [6.45, 7) is 3.68. The molecule has 1 fully saturated rings. The molecule has 1 aliphatic rings. The molecule has 2 aromatic rings. The van der Waals surface area contributed by atoms with Crippen LogP contribution in [0, 0.1) is 13.8 Å². The summed E-state index contributed by atoms with van der Waals surface area (Å²) >= 11 is 0. The summed E-state index contributed by atoms with van der Waals surface area (Å²) in [4.78, 5) is 24.2. The molecule has 3 amide bonds. The highest BCUT2D eigenvalue weighted by molar-refractivity contribution is 7.90. The third-order valence-corrected chi connectivity index (χ3v) is 5.64. The molecular weight excluding hydrogens is 366 g/mol. The monoisotopic (exact) mass is 387 g/mol. The minimum atomic E-state index is -3.99. The van der Waals surface area contributed by atoms with Crippen LogP contribution in [0.3, 0.4) is 0 Å². The average molecular weight is 387 g/mol. The molecule has 0 aromatic heterocycles. The van der Waals surface area contributed by atoms with Gasteiger partial charge in [0.15, 0.2) is 0 Å². The highest BCUT2D eigenvalue weighted by Crippen LogP contribution is 2.19. The van der Waals surface area contributed by atoms with Crippen molar-refractivity contribution in [3.05, 3.63) is 59.2 Å². The predicted octanol–water partition coefficient (Wildman–Crippen LogP) is 2.71. The van der Waals surface area contributed by atoms with Gasteiger partial charge >= 0.3 is 6.03 Å². The molecule has 8 heteroatoms. The highest BCUT2D eigenvalue weighted by Gasteiger charge is 2.23. The zero-order valence-electron chi connectivity index (χ0n) is 15.1. The lowest BCUT2D eigenvalue weighted by Crippen LogP contribution is -2.31. The molecule has 0 atom stereocenters. The Labute approximate surface area is 158 Å². The van der Waals surface area contributed by atoms with Crippen LogP contribution >= 0.6 is 0 Å². The zero-order valence-corrected chi connectivity index (χ0v) is 15.9. The van der Waals surface area contributed by atoms with Crippen molar-refractivity contribution in [3.8, 4) is 0 Å². The Morgan fingerprint density at radius 1 is 1.00 bits per heavy atom. The molecule has 3 rings (SSSR count). The molecule has 7 nitrogen and oxygen atoms in total. The highest BCUT2D eigenvalue weighted by atomic mass is 32.2. The molecule has 1 aliphatic carbocycles. The first-order valence-corrected chi connectivity index (χ1v) is 10.0. The largest absolute Gasteiger partial charge is 0.335 e. The van der Waals surface area contributed by atoms with Crippen LogP contribution in [0.25, 0.3) is 0 Å². The van der Waals surface area contributed by atoms with Crippen LogP contribution in [0.2, 0.25) is 0 Å². The molecule has 0 radical (unpaired) electrons. The number of hydrogen-bond acceptors (Lipinski definition) is 4. The molecule has 1 saturated carbocycles. The molecule has 2 aromatic carbocycles. The van der Waals surface area contributed by atoms with Gasteiger partial charge in [-0.3, -0.25) is 4.79 Å². The van der Waals surface area contributed by atoms with Gasteiger partial charge in [-0.25, -0.2) is 17.9 Å². The minimum absolute atomic E-state index is 0.0250. The van der Waals surface area contributed by atoms with Gasteiger partial charge in [0.2, 0.25) is 0 Å². The summed E-state index contributed by atoms with van der Waals surface area (Å²) in [5, 5.41) is 5.41. The van der Waals surface area contributed by atoms with E-state index in [0.29, 0.717) is 5.69 Å². The van der Waals surface area contributed by atoms with Gasteiger partial charge < -0.3 is 10.6 Å². The minimum Gasteiger partial charge on any atom is -0.335 e. The second-order valence-corrected chi connectivity index (χ2v) is 8.32. The first-order chi connectivity index (χ1) is 12.7. The first kappa shape index (κ1) is 18.9. The fraction of sp³-hybridized carbons (Fsp3) is 0.263. The van der Waals surface area contributed by atoms with Crippen molar-refractivity contribution in [1.82, 2.24) is 10.0 Å². The summed E-state index contributed by atoms with van der Waals surface area (Å²) in [7, 11) is -3.99. The van der Waals surface area contributed by atoms with E-state index in [4.69, 9.17) is 0 Å². The van der Waals surface area contributed by atoms with E-state index in [-0.39, 0.29) is 22.5 Å². The van der Waals surface area contributed by atoms with E-state index in [9.17, 15) is 18.0 Å². The number of nitrogens with one attached hydrogen (secondary N) is 3. The maximum absolute atomic E-state index is 12.5. The second-order valence-electron chi connectivity index (χ2n) is 6.63. The van der Waals surface area contributed by atoms with E-state index >= 15 is 0 Å². The van der Waals surface area contributed by atoms with E-state index in [1.54, 1.807) is 25.1 Å². The SMILES string of the molecule is Cc1ccc(S(=O)(=O)NC(=O)c2cccc(NC(=O)NC3CC3)c2)cc1C. The van der Waals surface area contributed by atoms with Gasteiger partial charge in [0.1, 0.15) is 0 Å². The lowest BCUT2D eigenvalue weighted by molar-refractivity contribution is 0.0981. The summed E-state index contributed by atoms with van der Waals surface area (Å²) < 4.78 is 27.0. The molecule has 0 saturated heterocycles. The predicted molar refractivity (Wildman–Crippen MR) is 102 cm³/mol. The van der Waals surface area contributed by atoms with E-state index < -0.39 is 15.9 Å². The quantitative estimate of drug-likeness (QED) is 0.734. The Morgan fingerprint density at radius 3 is 2.41 bits per heavy atom. The molecule has 0 aliphatic heterocycles. The van der Waals surface area contributed by atoms with Crippen molar-refractivity contribution >= 4 is 27.6 Å².